The van der Waals surface area contributed by atoms with Crippen LogP contribution in [0.1, 0.15) is 5.56 Å². The van der Waals surface area contributed by atoms with Gasteiger partial charge in [-0.3, -0.25) is 0 Å². The van der Waals surface area contributed by atoms with E-state index in [9.17, 15) is 0 Å². The molecule has 2 rings (SSSR count). The first-order valence-corrected chi connectivity index (χ1v) is 6.74. The quantitative estimate of drug-likeness (QED) is 0.771. The van der Waals surface area contributed by atoms with Crippen LogP contribution in [0.2, 0.25) is 5.15 Å². The van der Waals surface area contributed by atoms with Crippen molar-refractivity contribution in [2.24, 2.45) is 0 Å². The molecule has 1 aromatic carbocycles. The first kappa shape index (κ1) is 12.8. The van der Waals surface area contributed by atoms with Crippen molar-refractivity contribution in [2.45, 2.75) is 6.92 Å². The maximum Gasteiger partial charge on any atom is 0.138 e. The van der Waals surface area contributed by atoms with Gasteiger partial charge in [0.2, 0.25) is 0 Å². The lowest BCUT2D eigenvalue weighted by molar-refractivity contribution is 1.13. The Bertz CT molecular complexity index is 540. The monoisotopic (exact) mass is 375 g/mol. The Kier molecular flexibility index (Phi) is 4.01. The van der Waals surface area contributed by atoms with Crippen LogP contribution >= 0.6 is 43.5 Å². The molecule has 0 spiro atoms. The van der Waals surface area contributed by atoms with E-state index in [2.05, 4.69) is 47.1 Å². The maximum absolute atomic E-state index is 5.95. The largest absolute Gasteiger partial charge is 0.338 e. The Morgan fingerprint density at radius 2 is 1.82 bits per heavy atom. The summed E-state index contributed by atoms with van der Waals surface area (Å²) in [5.41, 5.74) is 1.72. The number of rotatable bonds is 2. The van der Waals surface area contributed by atoms with Crippen LogP contribution in [-0.2, 0) is 0 Å². The van der Waals surface area contributed by atoms with Crippen molar-refractivity contribution in [3.8, 4) is 0 Å². The molecule has 17 heavy (non-hydrogen) atoms. The van der Waals surface area contributed by atoms with Gasteiger partial charge < -0.3 is 5.32 Å². The lowest BCUT2D eigenvalue weighted by Gasteiger charge is -2.12. The molecule has 0 bridgehead atoms. The topological polar surface area (TPSA) is 37.8 Å². The van der Waals surface area contributed by atoms with Crippen LogP contribution in [0.5, 0.6) is 0 Å². The summed E-state index contributed by atoms with van der Waals surface area (Å²) in [6.45, 7) is 1.87. The third kappa shape index (κ3) is 2.78. The standard InChI is InChI=1S/C11H8Br2ClN3/c1-6-10(14)15-5-16-11(6)17-9-7(12)3-2-4-8(9)13/h2-5H,1H3,(H,15,16,17). The number of nitrogens with zero attached hydrogens (tertiary/aromatic N) is 2. The van der Waals surface area contributed by atoms with Crippen LogP contribution < -0.4 is 5.32 Å². The predicted molar refractivity (Wildman–Crippen MR) is 76.9 cm³/mol. The molecule has 0 aliphatic heterocycles. The van der Waals surface area contributed by atoms with Gasteiger partial charge in [0.15, 0.2) is 0 Å². The number of benzene rings is 1. The van der Waals surface area contributed by atoms with Crippen molar-refractivity contribution in [1.29, 1.82) is 0 Å². The molecular formula is C11H8Br2ClN3. The third-order valence-electron chi connectivity index (χ3n) is 2.23. The van der Waals surface area contributed by atoms with Gasteiger partial charge in [-0.25, -0.2) is 9.97 Å². The van der Waals surface area contributed by atoms with Crippen LogP contribution in [0.3, 0.4) is 0 Å². The van der Waals surface area contributed by atoms with E-state index in [1.54, 1.807) is 0 Å². The van der Waals surface area contributed by atoms with Crippen LogP contribution in [0.25, 0.3) is 0 Å². The third-order valence-corrected chi connectivity index (χ3v) is 3.93. The number of para-hydroxylation sites is 1. The van der Waals surface area contributed by atoms with Crippen molar-refractivity contribution in [2.75, 3.05) is 5.32 Å². The Labute approximate surface area is 121 Å². The molecule has 1 aromatic heterocycles. The zero-order chi connectivity index (χ0) is 12.4. The molecule has 0 fully saturated rings. The fourth-order valence-corrected chi connectivity index (χ4v) is 2.62. The molecular weight excluding hydrogens is 369 g/mol. The van der Waals surface area contributed by atoms with Crippen LogP contribution in [0, 0.1) is 6.92 Å². The first-order valence-electron chi connectivity index (χ1n) is 4.77. The maximum atomic E-state index is 5.95. The summed E-state index contributed by atoms with van der Waals surface area (Å²) in [5.74, 6) is 0.692. The van der Waals surface area contributed by atoms with Gasteiger partial charge in [0, 0.05) is 14.5 Å². The Balaban J connectivity index is 2.42. The first-order chi connectivity index (χ1) is 8.09. The molecule has 0 aliphatic rings. The number of nitrogens with one attached hydrogen (secondary N) is 1. The minimum Gasteiger partial charge on any atom is -0.338 e. The highest BCUT2D eigenvalue weighted by atomic mass is 79.9. The number of anilines is 2. The lowest BCUT2D eigenvalue weighted by atomic mass is 10.3. The minimum absolute atomic E-state index is 0.450. The summed E-state index contributed by atoms with van der Waals surface area (Å²) < 4.78 is 1.89. The van der Waals surface area contributed by atoms with E-state index in [0.29, 0.717) is 11.0 Å². The molecule has 1 N–H and O–H groups in total. The second-order valence-electron chi connectivity index (χ2n) is 3.36. The van der Waals surface area contributed by atoms with Crippen LogP contribution in [0.4, 0.5) is 11.5 Å². The Morgan fingerprint density at radius 3 is 2.47 bits per heavy atom. The highest BCUT2D eigenvalue weighted by Gasteiger charge is 2.09. The molecule has 6 heteroatoms. The smallest absolute Gasteiger partial charge is 0.138 e. The normalized spacial score (nSPS) is 10.4. The molecule has 3 nitrogen and oxygen atoms in total. The summed E-state index contributed by atoms with van der Waals surface area (Å²) in [4.78, 5) is 8.09. The molecule has 0 saturated heterocycles. The van der Waals surface area contributed by atoms with Gasteiger partial charge in [-0.05, 0) is 50.9 Å². The van der Waals surface area contributed by atoms with Gasteiger partial charge in [0.1, 0.15) is 17.3 Å². The predicted octanol–water partition coefficient (Wildman–Crippen LogP) is 4.71. The molecule has 0 aliphatic carbocycles. The van der Waals surface area contributed by atoms with E-state index in [4.69, 9.17) is 11.6 Å². The summed E-state index contributed by atoms with van der Waals surface area (Å²) in [6.07, 6.45) is 1.43. The average molecular weight is 377 g/mol. The highest BCUT2D eigenvalue weighted by Crippen LogP contribution is 2.33. The second-order valence-corrected chi connectivity index (χ2v) is 5.43. The van der Waals surface area contributed by atoms with Crippen molar-refractivity contribution in [1.82, 2.24) is 9.97 Å². The van der Waals surface area contributed by atoms with Crippen molar-refractivity contribution < 1.29 is 0 Å². The van der Waals surface area contributed by atoms with Crippen molar-refractivity contribution >= 4 is 55.0 Å². The van der Waals surface area contributed by atoms with E-state index >= 15 is 0 Å². The van der Waals surface area contributed by atoms with E-state index in [0.717, 1.165) is 20.2 Å². The van der Waals surface area contributed by atoms with Gasteiger partial charge in [-0.15, -0.1) is 0 Å². The average Bonchev–Trinajstić information content (AvgIpc) is 2.29. The lowest BCUT2D eigenvalue weighted by Crippen LogP contribution is -1.99. The fraction of sp³-hybridized carbons (Fsp3) is 0.0909. The van der Waals surface area contributed by atoms with Crippen molar-refractivity contribution in [3.63, 3.8) is 0 Å². The number of halogens is 3. The molecule has 0 atom stereocenters. The SMILES string of the molecule is Cc1c(Cl)ncnc1Nc1c(Br)cccc1Br. The molecule has 0 saturated carbocycles. The van der Waals surface area contributed by atoms with E-state index in [1.807, 2.05) is 25.1 Å². The Hall–Kier alpha value is -0.650. The number of aromatic nitrogens is 2. The zero-order valence-electron chi connectivity index (χ0n) is 8.84. The molecule has 1 heterocycles. The van der Waals surface area contributed by atoms with E-state index in [-0.39, 0.29) is 0 Å². The van der Waals surface area contributed by atoms with Gasteiger partial charge in [-0.1, -0.05) is 17.7 Å². The van der Waals surface area contributed by atoms with Crippen molar-refractivity contribution in [3.05, 3.63) is 44.2 Å². The van der Waals surface area contributed by atoms with Crippen LogP contribution in [0.15, 0.2) is 33.5 Å². The summed E-state index contributed by atoms with van der Waals surface area (Å²) >= 11 is 12.9. The van der Waals surface area contributed by atoms with Gasteiger partial charge >= 0.3 is 0 Å². The summed E-state index contributed by atoms with van der Waals surface area (Å²) in [5, 5.41) is 3.67. The fourth-order valence-electron chi connectivity index (χ4n) is 1.29. The molecule has 2 aromatic rings. The van der Waals surface area contributed by atoms with E-state index in [1.165, 1.54) is 6.33 Å². The summed E-state index contributed by atoms with van der Waals surface area (Å²) in [7, 11) is 0. The number of hydrogen-bond donors (Lipinski definition) is 1. The Morgan fingerprint density at radius 1 is 1.18 bits per heavy atom. The van der Waals surface area contributed by atoms with E-state index < -0.39 is 0 Å². The molecule has 0 unspecified atom stereocenters. The second kappa shape index (κ2) is 5.33. The van der Waals surface area contributed by atoms with Gasteiger partial charge in [0.05, 0.1) is 5.69 Å². The zero-order valence-corrected chi connectivity index (χ0v) is 12.8. The molecule has 0 amide bonds. The number of hydrogen-bond acceptors (Lipinski definition) is 3. The molecule has 88 valence electrons. The van der Waals surface area contributed by atoms with Gasteiger partial charge in [0.25, 0.3) is 0 Å². The highest BCUT2D eigenvalue weighted by molar-refractivity contribution is 9.11. The summed E-state index contributed by atoms with van der Waals surface area (Å²) in [6, 6.07) is 5.84. The van der Waals surface area contributed by atoms with Gasteiger partial charge in [-0.2, -0.15) is 0 Å². The minimum atomic E-state index is 0.450. The molecule has 0 radical (unpaired) electrons. The van der Waals surface area contributed by atoms with Crippen LogP contribution in [-0.4, -0.2) is 9.97 Å².